The standard InChI is InChI=1S/C19H17ClN2O5S/c1-11-10-28(26,27)22(19(11)25)17-9-14(6-7-16(17)20)18(24)21-15-5-3-4-13(8-15)12(2)23/h3-9,11H,10H2,1-2H3,(H,21,24). The summed E-state index contributed by atoms with van der Waals surface area (Å²) >= 11 is 6.11. The van der Waals surface area contributed by atoms with E-state index in [9.17, 15) is 22.8 Å². The Bertz CT molecular complexity index is 1100. The molecule has 2 aromatic rings. The fourth-order valence-electron chi connectivity index (χ4n) is 2.90. The minimum atomic E-state index is -3.85. The van der Waals surface area contributed by atoms with Gasteiger partial charge in [0.2, 0.25) is 15.9 Å². The highest BCUT2D eigenvalue weighted by atomic mass is 35.5. The van der Waals surface area contributed by atoms with Gasteiger partial charge in [0.15, 0.2) is 5.78 Å². The lowest BCUT2D eigenvalue weighted by Gasteiger charge is -2.18. The van der Waals surface area contributed by atoms with Crippen LogP contribution in [-0.2, 0) is 14.8 Å². The first kappa shape index (κ1) is 20.0. The molecule has 9 heteroatoms. The molecule has 0 radical (unpaired) electrons. The Morgan fingerprint density at radius 3 is 2.46 bits per heavy atom. The Balaban J connectivity index is 1.93. The second-order valence-electron chi connectivity index (χ2n) is 6.54. The summed E-state index contributed by atoms with van der Waals surface area (Å²) in [5.41, 5.74) is 0.918. The average Bonchev–Trinajstić information content (AvgIpc) is 2.83. The molecule has 28 heavy (non-hydrogen) atoms. The zero-order valence-electron chi connectivity index (χ0n) is 15.1. The smallest absolute Gasteiger partial charge is 0.255 e. The van der Waals surface area contributed by atoms with Gasteiger partial charge in [-0.25, -0.2) is 12.7 Å². The van der Waals surface area contributed by atoms with Crippen LogP contribution in [0.5, 0.6) is 0 Å². The predicted molar refractivity (Wildman–Crippen MR) is 106 cm³/mol. The van der Waals surface area contributed by atoms with Crippen LogP contribution in [0.15, 0.2) is 42.5 Å². The van der Waals surface area contributed by atoms with Crippen LogP contribution in [0.4, 0.5) is 11.4 Å². The first-order valence-corrected chi connectivity index (χ1v) is 10.4. The molecular formula is C19H17ClN2O5S. The third-order valence-electron chi connectivity index (χ3n) is 4.31. The third-order valence-corrected chi connectivity index (χ3v) is 6.49. The number of hydrogen-bond donors (Lipinski definition) is 1. The first-order valence-electron chi connectivity index (χ1n) is 8.39. The molecule has 2 aromatic carbocycles. The third kappa shape index (κ3) is 3.79. The number of rotatable bonds is 4. The van der Waals surface area contributed by atoms with E-state index in [4.69, 9.17) is 11.6 Å². The monoisotopic (exact) mass is 420 g/mol. The molecule has 1 fully saturated rings. The van der Waals surface area contributed by atoms with Gasteiger partial charge in [-0.3, -0.25) is 14.4 Å². The fourth-order valence-corrected chi connectivity index (χ4v) is 4.98. The molecule has 1 aliphatic heterocycles. The SMILES string of the molecule is CC(=O)c1cccc(NC(=O)c2ccc(Cl)c(N3C(=O)C(C)CS3(=O)=O)c2)c1. The van der Waals surface area contributed by atoms with Crippen molar-refractivity contribution in [3.63, 3.8) is 0 Å². The minimum absolute atomic E-state index is 0.0427. The van der Waals surface area contributed by atoms with Crippen LogP contribution in [-0.4, -0.2) is 31.8 Å². The molecule has 1 N–H and O–H groups in total. The molecule has 146 valence electrons. The van der Waals surface area contributed by atoms with Crippen molar-refractivity contribution in [2.24, 2.45) is 5.92 Å². The number of nitrogens with one attached hydrogen (secondary N) is 1. The molecule has 7 nitrogen and oxygen atoms in total. The van der Waals surface area contributed by atoms with Crippen LogP contribution in [0.25, 0.3) is 0 Å². The summed E-state index contributed by atoms with van der Waals surface area (Å²) in [4.78, 5) is 36.4. The van der Waals surface area contributed by atoms with E-state index >= 15 is 0 Å². The van der Waals surface area contributed by atoms with Crippen LogP contribution in [0.3, 0.4) is 0 Å². The quantitative estimate of drug-likeness (QED) is 0.766. The topological polar surface area (TPSA) is 101 Å². The van der Waals surface area contributed by atoms with Crippen molar-refractivity contribution >= 4 is 50.6 Å². The molecule has 1 heterocycles. The number of sulfonamides is 1. The number of carbonyl (C=O) groups excluding carboxylic acids is 3. The van der Waals surface area contributed by atoms with Crippen LogP contribution < -0.4 is 9.62 Å². The molecule has 0 aliphatic carbocycles. The highest BCUT2D eigenvalue weighted by molar-refractivity contribution is 7.94. The minimum Gasteiger partial charge on any atom is -0.322 e. The number of hydrogen-bond acceptors (Lipinski definition) is 5. The van der Waals surface area contributed by atoms with Crippen LogP contribution in [0.1, 0.15) is 34.6 Å². The van der Waals surface area contributed by atoms with Gasteiger partial charge in [0.25, 0.3) is 5.91 Å². The van der Waals surface area contributed by atoms with Crippen molar-refractivity contribution in [3.05, 3.63) is 58.6 Å². The number of ketones is 1. The Morgan fingerprint density at radius 1 is 1.14 bits per heavy atom. The zero-order valence-corrected chi connectivity index (χ0v) is 16.7. The van der Waals surface area contributed by atoms with E-state index in [-0.39, 0.29) is 27.8 Å². The van der Waals surface area contributed by atoms with Crippen molar-refractivity contribution in [1.82, 2.24) is 0 Å². The van der Waals surface area contributed by atoms with E-state index in [0.29, 0.717) is 15.6 Å². The molecule has 2 amide bonds. The predicted octanol–water partition coefficient (Wildman–Crippen LogP) is 3.11. The second-order valence-corrected chi connectivity index (χ2v) is 8.81. The summed E-state index contributed by atoms with van der Waals surface area (Å²) < 4.78 is 25.3. The highest BCUT2D eigenvalue weighted by Crippen LogP contribution is 2.34. The number of carbonyl (C=O) groups is 3. The number of nitrogens with zero attached hydrogens (tertiary/aromatic N) is 1. The molecule has 0 bridgehead atoms. The molecule has 1 atom stereocenters. The summed E-state index contributed by atoms with van der Waals surface area (Å²) in [6.45, 7) is 2.94. The number of benzene rings is 2. The van der Waals surface area contributed by atoms with E-state index in [1.54, 1.807) is 18.2 Å². The summed E-state index contributed by atoms with van der Waals surface area (Å²) in [5.74, 6) is -2.26. The van der Waals surface area contributed by atoms with E-state index in [1.807, 2.05) is 0 Å². The van der Waals surface area contributed by atoms with Gasteiger partial charge in [-0.05, 0) is 37.3 Å². The summed E-state index contributed by atoms with van der Waals surface area (Å²) in [6.07, 6.45) is 0. The molecule has 0 spiro atoms. The Morgan fingerprint density at radius 2 is 1.86 bits per heavy atom. The first-order chi connectivity index (χ1) is 13.1. The van der Waals surface area contributed by atoms with E-state index in [1.165, 1.54) is 38.1 Å². The lowest BCUT2D eigenvalue weighted by Crippen LogP contribution is -2.30. The van der Waals surface area contributed by atoms with Crippen LogP contribution >= 0.6 is 11.6 Å². The van der Waals surface area contributed by atoms with Gasteiger partial charge in [0.05, 0.1) is 22.4 Å². The summed E-state index contributed by atoms with van der Waals surface area (Å²) in [5, 5.41) is 2.69. The lowest BCUT2D eigenvalue weighted by atomic mass is 10.1. The average molecular weight is 421 g/mol. The van der Waals surface area contributed by atoms with E-state index in [2.05, 4.69) is 5.32 Å². The molecule has 1 aliphatic rings. The van der Waals surface area contributed by atoms with Gasteiger partial charge in [-0.2, -0.15) is 0 Å². The Kier molecular flexibility index (Phi) is 5.27. The summed E-state index contributed by atoms with van der Waals surface area (Å²) in [6, 6.07) is 10.5. The molecule has 3 rings (SSSR count). The van der Waals surface area contributed by atoms with E-state index < -0.39 is 27.8 Å². The number of anilines is 2. The molecule has 0 aromatic heterocycles. The van der Waals surface area contributed by atoms with Gasteiger partial charge < -0.3 is 5.32 Å². The zero-order chi connectivity index (χ0) is 20.6. The largest absolute Gasteiger partial charge is 0.322 e. The number of Topliss-reactive ketones (excluding diaryl/α,β-unsaturated/α-hetero) is 1. The summed E-state index contributed by atoms with van der Waals surface area (Å²) in [7, 11) is -3.85. The molecule has 1 saturated heterocycles. The van der Waals surface area contributed by atoms with Crippen molar-refractivity contribution in [1.29, 1.82) is 0 Å². The van der Waals surface area contributed by atoms with Gasteiger partial charge in [0.1, 0.15) is 0 Å². The van der Waals surface area contributed by atoms with Crippen molar-refractivity contribution in [2.45, 2.75) is 13.8 Å². The normalized spacial score (nSPS) is 18.2. The maximum atomic E-state index is 12.6. The molecule has 0 saturated carbocycles. The fraction of sp³-hybridized carbons (Fsp3) is 0.211. The second kappa shape index (κ2) is 7.37. The molecular weight excluding hydrogens is 404 g/mol. The number of amides is 2. The Labute approximate surface area is 167 Å². The van der Waals surface area contributed by atoms with Gasteiger partial charge in [-0.15, -0.1) is 0 Å². The van der Waals surface area contributed by atoms with Gasteiger partial charge >= 0.3 is 0 Å². The van der Waals surface area contributed by atoms with E-state index in [0.717, 1.165) is 0 Å². The van der Waals surface area contributed by atoms with Crippen LogP contribution in [0.2, 0.25) is 5.02 Å². The van der Waals surface area contributed by atoms with Crippen LogP contribution in [0, 0.1) is 5.92 Å². The highest BCUT2D eigenvalue weighted by Gasteiger charge is 2.43. The van der Waals surface area contributed by atoms with Gasteiger partial charge in [-0.1, -0.05) is 30.7 Å². The van der Waals surface area contributed by atoms with Crippen molar-refractivity contribution < 1.29 is 22.8 Å². The maximum Gasteiger partial charge on any atom is 0.255 e. The van der Waals surface area contributed by atoms with Crippen molar-refractivity contribution in [2.75, 3.05) is 15.4 Å². The van der Waals surface area contributed by atoms with Gasteiger partial charge in [0, 0.05) is 16.8 Å². The number of halogens is 1. The molecule has 1 unspecified atom stereocenters. The Hall–Kier alpha value is -2.71. The maximum absolute atomic E-state index is 12.6. The van der Waals surface area contributed by atoms with Crippen molar-refractivity contribution in [3.8, 4) is 0 Å². The lowest BCUT2D eigenvalue weighted by molar-refractivity contribution is -0.119.